The van der Waals surface area contributed by atoms with Crippen molar-refractivity contribution in [2.45, 2.75) is 46.0 Å². The molecule has 1 saturated carbocycles. The van der Waals surface area contributed by atoms with E-state index in [1.54, 1.807) is 6.92 Å². The van der Waals surface area contributed by atoms with Gasteiger partial charge in [0.15, 0.2) is 5.82 Å². The van der Waals surface area contributed by atoms with E-state index in [1.807, 2.05) is 13.8 Å². The first kappa shape index (κ1) is 19.8. The van der Waals surface area contributed by atoms with Crippen LogP contribution in [0, 0.1) is 13.8 Å². The van der Waals surface area contributed by atoms with Crippen LogP contribution in [0.4, 0.5) is 5.00 Å². The van der Waals surface area contributed by atoms with Gasteiger partial charge in [0.05, 0.1) is 36.5 Å². The second kappa shape index (κ2) is 8.08. The fraction of sp³-hybridized carbons (Fsp3) is 0.500. The number of anilines is 1. The minimum atomic E-state index is -0.467. The molecule has 1 aliphatic carbocycles. The summed E-state index contributed by atoms with van der Waals surface area (Å²) in [6.07, 6.45) is 2.51. The minimum absolute atomic E-state index is 0.0744. The Labute approximate surface area is 172 Å². The summed E-state index contributed by atoms with van der Waals surface area (Å²) < 4.78 is 16.0. The van der Waals surface area contributed by atoms with Crippen molar-refractivity contribution >= 4 is 28.2 Å². The summed E-state index contributed by atoms with van der Waals surface area (Å²) in [5, 5.41) is 7.64. The number of carbonyl (C=O) groups is 2. The number of ether oxygens (including phenoxy) is 2. The van der Waals surface area contributed by atoms with E-state index >= 15 is 0 Å². The van der Waals surface area contributed by atoms with Crippen molar-refractivity contribution in [3.8, 4) is 11.5 Å². The third kappa shape index (κ3) is 3.97. The summed E-state index contributed by atoms with van der Waals surface area (Å²) in [7, 11) is 0. The van der Waals surface area contributed by atoms with E-state index in [-0.39, 0.29) is 19.1 Å². The molecular weight excluding hydrogens is 394 g/mol. The maximum atomic E-state index is 13.0. The third-order valence-corrected chi connectivity index (χ3v) is 6.24. The van der Waals surface area contributed by atoms with Gasteiger partial charge in [-0.3, -0.25) is 4.79 Å². The van der Waals surface area contributed by atoms with Crippen molar-refractivity contribution in [3.63, 3.8) is 0 Å². The SMILES string of the molecule is CCOC(=O)C1=C(C(=O)Nc2sc(C)c(C)c2-c2nc(C3CC3)no2)COCC1. The van der Waals surface area contributed by atoms with Crippen molar-refractivity contribution in [2.24, 2.45) is 0 Å². The highest BCUT2D eigenvalue weighted by Gasteiger charge is 2.31. The van der Waals surface area contributed by atoms with Crippen LogP contribution in [0.15, 0.2) is 15.7 Å². The quantitative estimate of drug-likeness (QED) is 0.717. The molecule has 2 aromatic rings. The van der Waals surface area contributed by atoms with Gasteiger partial charge in [0, 0.05) is 17.2 Å². The molecule has 3 heterocycles. The number of aromatic nitrogens is 2. The molecule has 1 aliphatic heterocycles. The molecule has 9 heteroatoms. The fourth-order valence-corrected chi connectivity index (χ4v) is 4.27. The number of aryl methyl sites for hydroxylation is 1. The maximum absolute atomic E-state index is 13.0. The molecule has 1 N–H and O–H groups in total. The van der Waals surface area contributed by atoms with Gasteiger partial charge in [-0.15, -0.1) is 11.3 Å². The number of amides is 1. The van der Waals surface area contributed by atoms with Gasteiger partial charge >= 0.3 is 5.97 Å². The number of carbonyl (C=O) groups excluding carboxylic acids is 2. The molecule has 0 saturated heterocycles. The zero-order chi connectivity index (χ0) is 20.5. The molecule has 0 radical (unpaired) electrons. The lowest BCUT2D eigenvalue weighted by atomic mass is 10.0. The Bertz CT molecular complexity index is 986. The zero-order valence-electron chi connectivity index (χ0n) is 16.7. The number of nitrogens with zero attached hydrogens (tertiary/aromatic N) is 2. The molecule has 154 valence electrons. The molecule has 2 aromatic heterocycles. The molecule has 0 spiro atoms. The lowest BCUT2D eigenvalue weighted by molar-refractivity contribution is -0.139. The molecular formula is C20H23N3O5S. The van der Waals surface area contributed by atoms with Crippen LogP contribution in [0.5, 0.6) is 0 Å². The standard InChI is InChI=1S/C20H23N3O5S/c1-4-27-20(25)13-7-8-26-9-14(13)17(24)22-19-15(10(2)11(3)29-19)18-21-16(23-28-18)12-5-6-12/h12H,4-9H2,1-3H3,(H,22,24). The molecule has 2 aliphatic rings. The second-order valence-electron chi connectivity index (χ2n) is 7.15. The number of hydrogen-bond acceptors (Lipinski definition) is 8. The highest BCUT2D eigenvalue weighted by Crippen LogP contribution is 2.43. The second-order valence-corrected chi connectivity index (χ2v) is 8.38. The highest BCUT2D eigenvalue weighted by molar-refractivity contribution is 7.17. The monoisotopic (exact) mass is 417 g/mol. The minimum Gasteiger partial charge on any atom is -0.463 e. The predicted molar refractivity (Wildman–Crippen MR) is 107 cm³/mol. The lowest BCUT2D eigenvalue weighted by Gasteiger charge is -2.19. The molecule has 1 fully saturated rings. The van der Waals surface area contributed by atoms with Gasteiger partial charge in [-0.2, -0.15) is 4.98 Å². The Kier molecular flexibility index (Phi) is 5.51. The first-order chi connectivity index (χ1) is 14.0. The molecule has 0 unspecified atom stereocenters. The predicted octanol–water partition coefficient (Wildman–Crippen LogP) is 3.51. The molecule has 29 heavy (non-hydrogen) atoms. The van der Waals surface area contributed by atoms with E-state index in [4.69, 9.17) is 14.0 Å². The topological polar surface area (TPSA) is 104 Å². The summed E-state index contributed by atoms with van der Waals surface area (Å²) >= 11 is 1.44. The largest absolute Gasteiger partial charge is 0.463 e. The van der Waals surface area contributed by atoms with Gasteiger partial charge in [0.1, 0.15) is 5.00 Å². The average molecular weight is 417 g/mol. The van der Waals surface area contributed by atoms with Gasteiger partial charge in [-0.1, -0.05) is 5.16 Å². The normalized spacial score (nSPS) is 16.8. The third-order valence-electron chi connectivity index (χ3n) is 5.11. The van der Waals surface area contributed by atoms with Gasteiger partial charge in [-0.25, -0.2) is 4.79 Å². The summed E-state index contributed by atoms with van der Waals surface area (Å²) in [6, 6.07) is 0. The first-order valence-corrected chi connectivity index (χ1v) is 10.5. The number of rotatable bonds is 6. The van der Waals surface area contributed by atoms with E-state index in [0.29, 0.717) is 46.8 Å². The summed E-state index contributed by atoms with van der Waals surface area (Å²) in [5.74, 6) is 0.655. The van der Waals surface area contributed by atoms with E-state index < -0.39 is 5.97 Å². The number of esters is 1. The van der Waals surface area contributed by atoms with Crippen LogP contribution in [-0.2, 0) is 19.1 Å². The maximum Gasteiger partial charge on any atom is 0.334 e. The Hall–Kier alpha value is -2.52. The summed E-state index contributed by atoms with van der Waals surface area (Å²) in [5.41, 5.74) is 2.38. The van der Waals surface area contributed by atoms with Gasteiger partial charge in [0.2, 0.25) is 0 Å². The Balaban J connectivity index is 1.64. The number of hydrogen-bond donors (Lipinski definition) is 1. The van der Waals surface area contributed by atoms with Crippen LogP contribution in [0.3, 0.4) is 0 Å². The zero-order valence-corrected chi connectivity index (χ0v) is 17.5. The molecule has 0 atom stereocenters. The lowest BCUT2D eigenvalue weighted by Crippen LogP contribution is -2.27. The van der Waals surface area contributed by atoms with Gasteiger partial charge in [0.25, 0.3) is 11.8 Å². The Morgan fingerprint density at radius 1 is 1.28 bits per heavy atom. The van der Waals surface area contributed by atoms with Crippen molar-refractivity contribution < 1.29 is 23.6 Å². The van der Waals surface area contributed by atoms with Gasteiger partial charge in [-0.05, 0) is 39.2 Å². The van der Waals surface area contributed by atoms with Gasteiger partial charge < -0.3 is 19.3 Å². The molecule has 4 rings (SSSR count). The average Bonchev–Trinajstić information content (AvgIpc) is 3.39. The summed E-state index contributed by atoms with van der Waals surface area (Å²) in [6.45, 7) is 6.40. The van der Waals surface area contributed by atoms with E-state index in [1.165, 1.54) is 11.3 Å². The van der Waals surface area contributed by atoms with Crippen molar-refractivity contribution in [1.29, 1.82) is 0 Å². The molecule has 0 bridgehead atoms. The molecule has 8 nitrogen and oxygen atoms in total. The molecule has 1 amide bonds. The van der Waals surface area contributed by atoms with Crippen LogP contribution < -0.4 is 5.32 Å². The number of nitrogens with one attached hydrogen (secondary N) is 1. The highest BCUT2D eigenvalue weighted by atomic mass is 32.1. The Morgan fingerprint density at radius 3 is 2.79 bits per heavy atom. The van der Waals surface area contributed by atoms with E-state index in [2.05, 4.69) is 15.5 Å². The molecule has 0 aromatic carbocycles. The van der Waals surface area contributed by atoms with Crippen LogP contribution in [0.2, 0.25) is 0 Å². The smallest absolute Gasteiger partial charge is 0.334 e. The van der Waals surface area contributed by atoms with Crippen molar-refractivity contribution in [3.05, 3.63) is 27.4 Å². The van der Waals surface area contributed by atoms with E-state index in [0.717, 1.165) is 28.8 Å². The first-order valence-electron chi connectivity index (χ1n) is 9.71. The Morgan fingerprint density at radius 2 is 2.07 bits per heavy atom. The van der Waals surface area contributed by atoms with Crippen LogP contribution in [0.1, 0.15) is 48.4 Å². The van der Waals surface area contributed by atoms with Crippen LogP contribution >= 0.6 is 11.3 Å². The number of thiophene rings is 1. The van der Waals surface area contributed by atoms with Crippen LogP contribution in [0.25, 0.3) is 11.5 Å². The van der Waals surface area contributed by atoms with E-state index in [9.17, 15) is 9.59 Å². The van der Waals surface area contributed by atoms with Crippen molar-refractivity contribution in [2.75, 3.05) is 25.1 Å². The van der Waals surface area contributed by atoms with Crippen molar-refractivity contribution in [1.82, 2.24) is 10.1 Å². The van der Waals surface area contributed by atoms with Crippen LogP contribution in [-0.4, -0.2) is 41.8 Å². The summed E-state index contributed by atoms with van der Waals surface area (Å²) in [4.78, 5) is 30.8. The fourth-order valence-electron chi connectivity index (χ4n) is 3.23.